The van der Waals surface area contributed by atoms with E-state index in [9.17, 15) is 9.90 Å². The van der Waals surface area contributed by atoms with E-state index in [2.05, 4.69) is 20.9 Å². The first-order valence-electron chi connectivity index (χ1n) is 6.48. The van der Waals surface area contributed by atoms with Gasteiger partial charge < -0.3 is 9.67 Å². The number of rotatable bonds is 3. The van der Waals surface area contributed by atoms with Gasteiger partial charge in [-0.3, -0.25) is 0 Å². The molecule has 4 nitrogen and oxygen atoms in total. The molecule has 0 unspecified atom stereocenters. The van der Waals surface area contributed by atoms with Crippen molar-refractivity contribution in [3.8, 4) is 0 Å². The molecule has 3 aromatic rings. The SMILES string of the molecule is Cn1c(Cc2ccc(Br)c(C(=O)O)c2)nc2ccccc21. The fraction of sp³-hybridized carbons (Fsp3) is 0.125. The number of carboxylic acid groups (broad SMARTS) is 1. The van der Waals surface area contributed by atoms with Gasteiger partial charge in [-0.15, -0.1) is 0 Å². The first-order valence-corrected chi connectivity index (χ1v) is 7.27. The van der Waals surface area contributed by atoms with Gasteiger partial charge in [0.15, 0.2) is 0 Å². The van der Waals surface area contributed by atoms with Crippen molar-refractivity contribution < 1.29 is 9.90 Å². The number of aromatic nitrogens is 2. The highest BCUT2D eigenvalue weighted by Crippen LogP contribution is 2.21. The summed E-state index contributed by atoms with van der Waals surface area (Å²) in [6, 6.07) is 13.3. The number of halogens is 1. The van der Waals surface area contributed by atoms with Gasteiger partial charge in [0.05, 0.1) is 16.6 Å². The van der Waals surface area contributed by atoms with Crippen LogP contribution in [0.15, 0.2) is 46.9 Å². The van der Waals surface area contributed by atoms with E-state index in [1.807, 2.05) is 41.9 Å². The number of carbonyl (C=O) groups is 1. The highest BCUT2D eigenvalue weighted by Gasteiger charge is 2.12. The quantitative estimate of drug-likeness (QED) is 0.789. The van der Waals surface area contributed by atoms with Gasteiger partial charge in [0, 0.05) is 17.9 Å². The summed E-state index contributed by atoms with van der Waals surface area (Å²) in [5.74, 6) is -0.0245. The maximum atomic E-state index is 11.2. The van der Waals surface area contributed by atoms with Crippen LogP contribution in [0.5, 0.6) is 0 Å². The molecular formula is C16H13BrN2O2. The number of carboxylic acids is 1. The van der Waals surface area contributed by atoms with Crippen molar-refractivity contribution in [2.75, 3.05) is 0 Å². The van der Waals surface area contributed by atoms with E-state index in [1.165, 1.54) is 0 Å². The number of aryl methyl sites for hydroxylation is 1. The molecule has 0 aliphatic heterocycles. The molecule has 0 radical (unpaired) electrons. The fourth-order valence-corrected chi connectivity index (χ4v) is 2.80. The topological polar surface area (TPSA) is 55.1 Å². The van der Waals surface area contributed by atoms with Crippen LogP contribution >= 0.6 is 15.9 Å². The highest BCUT2D eigenvalue weighted by molar-refractivity contribution is 9.10. The van der Waals surface area contributed by atoms with Crippen molar-refractivity contribution >= 4 is 32.9 Å². The van der Waals surface area contributed by atoms with Crippen molar-refractivity contribution in [1.82, 2.24) is 9.55 Å². The minimum atomic E-state index is -0.936. The van der Waals surface area contributed by atoms with Crippen molar-refractivity contribution in [3.05, 3.63) is 63.9 Å². The lowest BCUT2D eigenvalue weighted by atomic mass is 10.1. The lowest BCUT2D eigenvalue weighted by Crippen LogP contribution is -2.02. The van der Waals surface area contributed by atoms with Crippen LogP contribution in [0.4, 0.5) is 0 Å². The standard InChI is InChI=1S/C16H13BrN2O2/c1-19-14-5-3-2-4-13(14)18-15(19)9-10-6-7-12(17)11(8-10)16(20)21/h2-8H,9H2,1H3,(H,20,21). The highest BCUT2D eigenvalue weighted by atomic mass is 79.9. The number of hydrogen-bond acceptors (Lipinski definition) is 2. The second kappa shape index (κ2) is 5.33. The predicted molar refractivity (Wildman–Crippen MR) is 84.6 cm³/mol. The Morgan fingerprint density at radius 1 is 1.29 bits per heavy atom. The number of para-hydroxylation sites is 2. The Hall–Kier alpha value is -2.14. The van der Waals surface area contributed by atoms with E-state index >= 15 is 0 Å². The molecule has 0 atom stereocenters. The number of imidazole rings is 1. The molecule has 0 saturated heterocycles. The third-order valence-corrected chi connectivity index (χ3v) is 4.19. The van der Waals surface area contributed by atoms with Gasteiger partial charge in [0.25, 0.3) is 0 Å². The second-order valence-electron chi connectivity index (χ2n) is 4.87. The Bertz CT molecular complexity index is 839. The van der Waals surface area contributed by atoms with Gasteiger partial charge >= 0.3 is 5.97 Å². The van der Waals surface area contributed by atoms with Crippen molar-refractivity contribution in [1.29, 1.82) is 0 Å². The molecular weight excluding hydrogens is 332 g/mol. The number of aromatic carboxylic acids is 1. The lowest BCUT2D eigenvalue weighted by Gasteiger charge is -2.05. The maximum Gasteiger partial charge on any atom is 0.336 e. The summed E-state index contributed by atoms with van der Waals surface area (Å²) in [5.41, 5.74) is 3.22. The molecule has 1 aromatic heterocycles. The molecule has 5 heteroatoms. The van der Waals surface area contributed by atoms with Crippen molar-refractivity contribution in [2.24, 2.45) is 7.05 Å². The smallest absolute Gasteiger partial charge is 0.336 e. The van der Waals surface area contributed by atoms with Crippen LogP contribution in [0, 0.1) is 0 Å². The molecule has 0 fully saturated rings. The van der Waals surface area contributed by atoms with Gasteiger partial charge in [-0.1, -0.05) is 18.2 Å². The van der Waals surface area contributed by atoms with Gasteiger partial charge in [-0.2, -0.15) is 0 Å². The van der Waals surface area contributed by atoms with E-state index in [0.29, 0.717) is 10.9 Å². The van der Waals surface area contributed by atoms with E-state index in [4.69, 9.17) is 0 Å². The zero-order chi connectivity index (χ0) is 15.0. The number of hydrogen-bond donors (Lipinski definition) is 1. The molecule has 0 aliphatic carbocycles. The Morgan fingerprint density at radius 3 is 2.76 bits per heavy atom. The number of nitrogens with zero attached hydrogens (tertiary/aromatic N) is 2. The molecule has 2 aromatic carbocycles. The Kier molecular flexibility index (Phi) is 3.51. The number of benzene rings is 2. The van der Waals surface area contributed by atoms with E-state index < -0.39 is 5.97 Å². The second-order valence-corrected chi connectivity index (χ2v) is 5.73. The molecule has 21 heavy (non-hydrogen) atoms. The average Bonchev–Trinajstić information content (AvgIpc) is 2.78. The van der Waals surface area contributed by atoms with Gasteiger partial charge in [0.2, 0.25) is 0 Å². The number of fused-ring (bicyclic) bond motifs is 1. The van der Waals surface area contributed by atoms with E-state index in [0.717, 1.165) is 22.4 Å². The molecule has 1 heterocycles. The first kappa shape index (κ1) is 13.8. The van der Waals surface area contributed by atoms with Gasteiger partial charge in [-0.05, 0) is 45.8 Å². The normalized spacial score (nSPS) is 11.0. The lowest BCUT2D eigenvalue weighted by molar-refractivity contribution is 0.0696. The van der Waals surface area contributed by atoms with Crippen molar-refractivity contribution in [2.45, 2.75) is 6.42 Å². The molecule has 0 spiro atoms. The average molecular weight is 345 g/mol. The summed E-state index contributed by atoms with van der Waals surface area (Å²) in [4.78, 5) is 15.8. The molecule has 0 amide bonds. The molecule has 1 N–H and O–H groups in total. The summed E-state index contributed by atoms with van der Waals surface area (Å²) >= 11 is 3.26. The summed E-state index contributed by atoms with van der Waals surface area (Å²) < 4.78 is 2.63. The monoisotopic (exact) mass is 344 g/mol. The summed E-state index contributed by atoms with van der Waals surface area (Å²) in [5, 5.41) is 9.17. The van der Waals surface area contributed by atoms with Crippen LogP contribution in [-0.4, -0.2) is 20.6 Å². The fourth-order valence-electron chi connectivity index (χ4n) is 2.38. The molecule has 0 bridgehead atoms. The third kappa shape index (κ3) is 2.56. The van der Waals surface area contributed by atoms with E-state index in [1.54, 1.807) is 12.1 Å². The van der Waals surface area contributed by atoms with Crippen molar-refractivity contribution in [3.63, 3.8) is 0 Å². The zero-order valence-corrected chi connectivity index (χ0v) is 13.0. The largest absolute Gasteiger partial charge is 0.478 e. The maximum absolute atomic E-state index is 11.2. The zero-order valence-electron chi connectivity index (χ0n) is 11.4. The minimum Gasteiger partial charge on any atom is -0.478 e. The molecule has 106 valence electrons. The van der Waals surface area contributed by atoms with Crippen LogP contribution in [0.2, 0.25) is 0 Å². The Balaban J connectivity index is 2.01. The molecule has 0 saturated carbocycles. The van der Waals surface area contributed by atoms with Crippen LogP contribution in [0.25, 0.3) is 11.0 Å². The van der Waals surface area contributed by atoms with Crippen LogP contribution in [0.3, 0.4) is 0 Å². The summed E-state index contributed by atoms with van der Waals surface area (Å²) in [7, 11) is 1.97. The minimum absolute atomic E-state index is 0.270. The summed E-state index contributed by atoms with van der Waals surface area (Å²) in [6.45, 7) is 0. The summed E-state index contributed by atoms with van der Waals surface area (Å²) in [6.07, 6.45) is 0.596. The van der Waals surface area contributed by atoms with Crippen LogP contribution in [-0.2, 0) is 13.5 Å². The Labute approximate surface area is 130 Å². The first-order chi connectivity index (χ1) is 10.1. The molecule has 0 aliphatic rings. The van der Waals surface area contributed by atoms with E-state index in [-0.39, 0.29) is 5.56 Å². The Morgan fingerprint density at radius 2 is 2.05 bits per heavy atom. The third-order valence-electron chi connectivity index (χ3n) is 3.50. The van der Waals surface area contributed by atoms with Gasteiger partial charge in [0.1, 0.15) is 5.82 Å². The predicted octanol–water partition coefficient (Wildman–Crippen LogP) is 3.62. The van der Waals surface area contributed by atoms with Crippen LogP contribution in [0.1, 0.15) is 21.7 Å². The van der Waals surface area contributed by atoms with Gasteiger partial charge in [-0.25, -0.2) is 9.78 Å². The molecule has 3 rings (SSSR count). The van der Waals surface area contributed by atoms with Crippen LogP contribution < -0.4 is 0 Å².